The van der Waals surface area contributed by atoms with Crippen LogP contribution in [0.1, 0.15) is 79.4 Å². The number of amides is 3. The van der Waals surface area contributed by atoms with Crippen LogP contribution < -0.4 is 26.0 Å². The fraction of sp³-hybridized carbons (Fsp3) is 0.452. The van der Waals surface area contributed by atoms with Gasteiger partial charge in [-0.1, -0.05) is 6.07 Å². The Bertz CT molecular complexity index is 2420. The van der Waals surface area contributed by atoms with Crippen LogP contribution in [-0.2, 0) is 22.8 Å². The highest BCUT2D eigenvalue weighted by molar-refractivity contribution is 6.06. The van der Waals surface area contributed by atoms with Crippen molar-refractivity contribution in [1.29, 1.82) is 0 Å². The van der Waals surface area contributed by atoms with E-state index in [4.69, 9.17) is 9.84 Å². The van der Waals surface area contributed by atoms with Crippen LogP contribution in [-0.4, -0.2) is 81.4 Å². The number of nitrogens with zero attached hydrogens (tertiary/aromatic N) is 6. The predicted molar refractivity (Wildman–Crippen MR) is 213 cm³/mol. The Morgan fingerprint density at radius 1 is 0.983 bits per heavy atom. The van der Waals surface area contributed by atoms with Gasteiger partial charge >= 0.3 is 11.9 Å². The first-order valence-electron chi connectivity index (χ1n) is 19.8. The topological polar surface area (TPSA) is 136 Å². The van der Waals surface area contributed by atoms with Gasteiger partial charge in [0.25, 0.3) is 5.91 Å². The molecular formula is C42H47F3N8O5. The molecule has 16 heteroatoms. The number of hydrogen-bond donors (Lipinski definition) is 2. The molecule has 3 fully saturated rings. The molecule has 2 saturated heterocycles. The molecule has 0 bridgehead atoms. The number of ether oxygens (including phenoxy) is 1. The Balaban J connectivity index is 0.860. The second kappa shape index (κ2) is 15.6. The Morgan fingerprint density at radius 2 is 1.71 bits per heavy atom. The first-order chi connectivity index (χ1) is 27.8. The number of para-hydroxylation sites is 1. The number of piperidine rings is 2. The molecule has 3 aromatic carbocycles. The average molecular weight is 801 g/mol. The molecule has 13 nitrogen and oxygen atoms in total. The van der Waals surface area contributed by atoms with E-state index in [0.717, 1.165) is 105 Å². The molecule has 1 saturated carbocycles. The summed E-state index contributed by atoms with van der Waals surface area (Å²) in [6.45, 7) is 2.70. The zero-order chi connectivity index (χ0) is 40.9. The van der Waals surface area contributed by atoms with Crippen molar-refractivity contribution in [2.75, 3.05) is 44.0 Å². The molecule has 8 rings (SSSR count). The highest BCUT2D eigenvalue weighted by atomic mass is 19.4. The Labute approximate surface area is 332 Å². The number of carbonyl (C=O) groups excluding carboxylic acids is 3. The number of rotatable bonds is 9. The lowest BCUT2D eigenvalue weighted by molar-refractivity contribution is -0.138. The molecule has 4 heterocycles. The van der Waals surface area contributed by atoms with Crippen LogP contribution >= 0.6 is 0 Å². The van der Waals surface area contributed by atoms with Crippen molar-refractivity contribution < 1.29 is 32.3 Å². The quantitative estimate of drug-likeness (QED) is 0.167. The summed E-state index contributed by atoms with van der Waals surface area (Å²) in [4.78, 5) is 55.7. The molecule has 0 radical (unpaired) electrons. The first kappa shape index (κ1) is 39.2. The molecule has 3 aliphatic rings. The number of methoxy groups -OCH3 is 1. The number of halogens is 3. The van der Waals surface area contributed by atoms with Crippen molar-refractivity contribution in [2.24, 2.45) is 13.0 Å². The van der Waals surface area contributed by atoms with Crippen LogP contribution in [0.3, 0.4) is 0 Å². The van der Waals surface area contributed by atoms with Gasteiger partial charge in [0.05, 0.1) is 46.6 Å². The summed E-state index contributed by atoms with van der Waals surface area (Å²) < 4.78 is 49.7. The second-order valence-electron chi connectivity index (χ2n) is 15.9. The van der Waals surface area contributed by atoms with Gasteiger partial charge in [-0.2, -0.15) is 18.3 Å². The van der Waals surface area contributed by atoms with Crippen LogP contribution in [0.4, 0.5) is 24.5 Å². The minimum atomic E-state index is -4.49. The minimum Gasteiger partial charge on any atom is -0.494 e. The van der Waals surface area contributed by atoms with Gasteiger partial charge in [0.15, 0.2) is 0 Å². The molecule has 1 unspecified atom stereocenters. The van der Waals surface area contributed by atoms with E-state index in [1.165, 1.54) is 11.7 Å². The third-order valence-corrected chi connectivity index (χ3v) is 12.3. The SMILES string of the molecule is COc1cc2nn([C@H]3CC[C@H](CN(C)C4CCN(c5cccc6c5n(C)c(=O)n6C5CCC(=O)NC5=O)CC4)CC3)cc2cc1NC(=O)c1ccc(C(F)(F)F)cc1. The number of anilines is 2. The molecule has 2 aromatic heterocycles. The maximum Gasteiger partial charge on any atom is 0.416 e. The van der Waals surface area contributed by atoms with Crippen molar-refractivity contribution >= 4 is 51.0 Å². The molecule has 2 N–H and O–H groups in total. The summed E-state index contributed by atoms with van der Waals surface area (Å²) >= 11 is 0. The summed E-state index contributed by atoms with van der Waals surface area (Å²) in [5.74, 6) is -0.327. The number of fused-ring (bicyclic) bond motifs is 2. The van der Waals surface area contributed by atoms with E-state index in [2.05, 4.69) is 27.5 Å². The largest absolute Gasteiger partial charge is 0.494 e. The van der Waals surface area contributed by atoms with Crippen molar-refractivity contribution in [3.63, 3.8) is 0 Å². The van der Waals surface area contributed by atoms with Gasteiger partial charge in [-0.15, -0.1) is 0 Å². The van der Waals surface area contributed by atoms with E-state index in [1.54, 1.807) is 23.7 Å². The van der Waals surface area contributed by atoms with Gasteiger partial charge in [-0.25, -0.2) is 4.79 Å². The summed E-state index contributed by atoms with van der Waals surface area (Å²) in [5, 5.41) is 10.8. The van der Waals surface area contributed by atoms with E-state index >= 15 is 0 Å². The maximum absolute atomic E-state index is 13.4. The zero-order valence-corrected chi connectivity index (χ0v) is 32.7. The highest BCUT2D eigenvalue weighted by Gasteiger charge is 2.34. The van der Waals surface area contributed by atoms with Crippen LogP contribution in [0.2, 0.25) is 0 Å². The van der Waals surface area contributed by atoms with E-state index in [1.807, 2.05) is 29.1 Å². The third-order valence-electron chi connectivity index (χ3n) is 12.3. The van der Waals surface area contributed by atoms with E-state index < -0.39 is 29.6 Å². The van der Waals surface area contributed by atoms with Gasteiger partial charge < -0.3 is 19.9 Å². The second-order valence-corrected chi connectivity index (χ2v) is 15.9. The molecule has 1 atom stereocenters. The van der Waals surface area contributed by atoms with Gasteiger partial charge in [-0.05, 0) is 100 Å². The summed E-state index contributed by atoms with van der Waals surface area (Å²) in [6, 6.07) is 13.4. The number of aryl methyl sites for hydroxylation is 1. The Morgan fingerprint density at radius 3 is 2.38 bits per heavy atom. The molecule has 0 spiro atoms. The molecule has 3 amide bonds. The number of carbonyl (C=O) groups is 3. The Kier molecular flexibility index (Phi) is 10.5. The first-order valence-corrected chi connectivity index (χ1v) is 19.8. The van der Waals surface area contributed by atoms with Crippen molar-refractivity contribution in [1.82, 2.24) is 29.1 Å². The number of imide groups is 1. The van der Waals surface area contributed by atoms with Gasteiger partial charge in [0.2, 0.25) is 11.8 Å². The van der Waals surface area contributed by atoms with Gasteiger partial charge in [-0.3, -0.25) is 33.5 Å². The van der Waals surface area contributed by atoms with Gasteiger partial charge in [0, 0.05) is 62.4 Å². The van der Waals surface area contributed by atoms with Crippen LogP contribution in [0.25, 0.3) is 21.9 Å². The van der Waals surface area contributed by atoms with Crippen molar-refractivity contribution in [3.8, 4) is 5.75 Å². The van der Waals surface area contributed by atoms with Crippen LogP contribution in [0.5, 0.6) is 5.75 Å². The minimum absolute atomic E-state index is 0.0992. The van der Waals surface area contributed by atoms with Crippen molar-refractivity contribution in [2.45, 2.75) is 75.7 Å². The number of imidazole rings is 1. The molecule has 2 aliphatic heterocycles. The van der Waals surface area contributed by atoms with E-state index in [9.17, 15) is 32.3 Å². The molecule has 5 aromatic rings. The lowest BCUT2D eigenvalue weighted by Crippen LogP contribution is -2.45. The smallest absolute Gasteiger partial charge is 0.416 e. The lowest BCUT2D eigenvalue weighted by Gasteiger charge is -2.40. The standard InChI is InChI=1S/C42H47F3N8O5/c1-49(29-17-19-51(20-18-29)33-5-4-6-34-38(33)50(2)41(57)53(34)35-15-16-37(54)47-40(35)56)23-25-7-13-30(14-8-25)52-24-27-21-32(36(58-3)22-31(27)48-52)46-39(55)26-9-11-28(12-10-26)42(43,44)45/h4-6,9-12,21-22,24-25,29-30,35H,7-8,13-20,23H2,1-3H3,(H,46,55)(H,47,54,56)/t25-,30-,35?. The number of aromatic nitrogens is 4. The molecular weight excluding hydrogens is 754 g/mol. The average Bonchev–Trinajstić information content (AvgIpc) is 3.74. The summed E-state index contributed by atoms with van der Waals surface area (Å²) in [7, 11) is 5.45. The van der Waals surface area contributed by atoms with Gasteiger partial charge in [0.1, 0.15) is 11.8 Å². The molecule has 58 heavy (non-hydrogen) atoms. The van der Waals surface area contributed by atoms with E-state index in [-0.39, 0.29) is 29.6 Å². The third kappa shape index (κ3) is 7.56. The molecule has 306 valence electrons. The molecule has 1 aliphatic carbocycles. The van der Waals surface area contributed by atoms with Crippen LogP contribution in [0.15, 0.2) is 65.6 Å². The summed E-state index contributed by atoms with van der Waals surface area (Å²) in [5.41, 5.74) is 2.62. The van der Waals surface area contributed by atoms with Crippen LogP contribution in [0, 0.1) is 5.92 Å². The lowest BCUT2D eigenvalue weighted by atomic mass is 9.85. The fourth-order valence-electron chi connectivity index (χ4n) is 9.13. The fourth-order valence-corrected chi connectivity index (χ4v) is 9.13. The number of nitrogens with one attached hydrogen (secondary N) is 2. The number of alkyl halides is 3. The van der Waals surface area contributed by atoms with Crippen molar-refractivity contribution in [3.05, 3.63) is 82.4 Å². The summed E-state index contributed by atoms with van der Waals surface area (Å²) in [6.07, 6.45) is 4.08. The number of benzene rings is 3. The number of hydrogen-bond acceptors (Lipinski definition) is 8. The monoisotopic (exact) mass is 800 g/mol. The van der Waals surface area contributed by atoms with E-state index in [0.29, 0.717) is 35.3 Å². The normalized spacial score (nSPS) is 20.9. The Hall–Kier alpha value is -5.64. The predicted octanol–water partition coefficient (Wildman–Crippen LogP) is 6.28. The zero-order valence-electron chi connectivity index (χ0n) is 32.7. The highest BCUT2D eigenvalue weighted by Crippen LogP contribution is 2.37. The maximum atomic E-state index is 13.4.